The molecule has 10 nitrogen and oxygen atoms in total. The van der Waals surface area contributed by atoms with Gasteiger partial charge in [-0.05, 0) is 31.5 Å². The first-order valence-electron chi connectivity index (χ1n) is 11.2. The number of anilines is 4. The summed E-state index contributed by atoms with van der Waals surface area (Å²) in [5.74, 6) is -0.588. The first kappa shape index (κ1) is 24.5. The van der Waals surface area contributed by atoms with Crippen LogP contribution in [0.1, 0.15) is 23.8 Å². The van der Waals surface area contributed by atoms with Gasteiger partial charge in [-0.2, -0.15) is 13.2 Å². The number of alkyl halides is 3. The van der Waals surface area contributed by atoms with Crippen LogP contribution in [0.4, 0.5) is 36.2 Å². The molecule has 2 aromatic heterocycles. The Kier molecular flexibility index (Phi) is 6.96. The molecule has 0 unspecified atom stereocenters. The van der Waals surface area contributed by atoms with E-state index in [-0.39, 0.29) is 30.8 Å². The zero-order valence-corrected chi connectivity index (χ0v) is 19.0. The number of carbonyl (C=O) groups excluding carboxylic acids is 2. The van der Waals surface area contributed by atoms with Crippen LogP contribution in [0.15, 0.2) is 30.5 Å². The third-order valence-electron chi connectivity index (χ3n) is 5.92. The van der Waals surface area contributed by atoms with Gasteiger partial charge in [-0.25, -0.2) is 9.97 Å². The first-order valence-corrected chi connectivity index (χ1v) is 11.2. The minimum atomic E-state index is -4.57. The quantitative estimate of drug-likeness (QED) is 0.438. The van der Waals surface area contributed by atoms with Crippen LogP contribution < -0.4 is 25.8 Å². The van der Waals surface area contributed by atoms with Crippen molar-refractivity contribution in [2.75, 3.05) is 53.2 Å². The Morgan fingerprint density at radius 3 is 2.83 bits per heavy atom. The maximum atomic E-state index is 12.9. The molecule has 0 saturated carbocycles. The summed E-state index contributed by atoms with van der Waals surface area (Å²) >= 11 is 0. The normalized spacial score (nSPS) is 17.6. The maximum Gasteiger partial charge on any atom is 0.408 e. The fourth-order valence-corrected chi connectivity index (χ4v) is 4.12. The molecule has 2 aromatic rings. The highest BCUT2D eigenvalue weighted by Gasteiger charge is 2.39. The van der Waals surface area contributed by atoms with Crippen molar-refractivity contribution in [2.24, 2.45) is 0 Å². The second-order valence-electron chi connectivity index (χ2n) is 8.42. The van der Waals surface area contributed by atoms with Gasteiger partial charge in [0.1, 0.15) is 17.6 Å². The number of amides is 2. The molecule has 188 valence electrons. The van der Waals surface area contributed by atoms with Gasteiger partial charge in [0.05, 0.1) is 24.9 Å². The number of hydrogen-bond acceptors (Lipinski definition) is 8. The SMILES string of the molecule is C[C@@H](NC(=O)c1ccc2c(n1)N(CC(=O)Nc1cc(NCCO)ccn1)[C@H]1CCN2C1)C(F)(F)F. The summed E-state index contributed by atoms with van der Waals surface area (Å²) in [7, 11) is 0. The minimum absolute atomic E-state index is 0.0290. The number of fused-ring (bicyclic) bond motifs is 4. The van der Waals surface area contributed by atoms with Crippen LogP contribution in [0, 0.1) is 0 Å². The van der Waals surface area contributed by atoms with Crippen molar-refractivity contribution in [1.29, 1.82) is 0 Å². The van der Waals surface area contributed by atoms with Crippen LogP contribution in [0.5, 0.6) is 0 Å². The lowest BCUT2D eigenvalue weighted by Gasteiger charge is -2.37. The standard InChI is InChI=1S/C22H26F3N7O3/c1-13(22(23,24)25)28-21(35)16-2-3-17-20(29-16)32(15-5-8-31(17)11-15)12-19(34)30-18-10-14(4-6-27-18)26-7-9-33/h2-4,6,10,13,15,33H,5,7-9,11-12H2,1H3,(H,28,35)(H2,26,27,30,34)/t13-,15+/m1/s1. The Morgan fingerprint density at radius 2 is 2.09 bits per heavy atom. The molecule has 0 aliphatic carbocycles. The Labute approximate surface area is 199 Å². The van der Waals surface area contributed by atoms with Crippen LogP contribution in [0.25, 0.3) is 0 Å². The van der Waals surface area contributed by atoms with E-state index in [1.54, 1.807) is 23.1 Å². The van der Waals surface area contributed by atoms with Crippen LogP contribution in [0.2, 0.25) is 0 Å². The van der Waals surface area contributed by atoms with Gasteiger partial charge in [0.15, 0.2) is 5.82 Å². The van der Waals surface area contributed by atoms with Crippen LogP contribution >= 0.6 is 0 Å². The van der Waals surface area contributed by atoms with E-state index >= 15 is 0 Å². The predicted molar refractivity (Wildman–Crippen MR) is 124 cm³/mol. The molecule has 13 heteroatoms. The third-order valence-corrected chi connectivity index (χ3v) is 5.92. The van der Waals surface area contributed by atoms with E-state index in [4.69, 9.17) is 5.11 Å². The highest BCUT2D eigenvalue weighted by Crippen LogP contribution is 2.38. The summed E-state index contributed by atoms with van der Waals surface area (Å²) in [5, 5.41) is 16.6. The molecule has 2 bridgehead atoms. The molecule has 0 aromatic carbocycles. The molecule has 2 amide bonds. The van der Waals surface area contributed by atoms with Crippen LogP contribution in [-0.2, 0) is 4.79 Å². The number of nitrogens with one attached hydrogen (secondary N) is 3. The second kappa shape index (κ2) is 9.94. The summed E-state index contributed by atoms with van der Waals surface area (Å²) < 4.78 is 38.6. The number of pyridine rings is 2. The van der Waals surface area contributed by atoms with Gasteiger partial charge in [0, 0.05) is 37.6 Å². The summed E-state index contributed by atoms with van der Waals surface area (Å²) in [6.07, 6.45) is -2.28. The van der Waals surface area contributed by atoms with Crippen molar-refractivity contribution in [1.82, 2.24) is 15.3 Å². The topological polar surface area (TPSA) is 123 Å². The number of aliphatic hydroxyl groups is 1. The number of aliphatic hydroxyl groups excluding tert-OH is 1. The fraction of sp³-hybridized carbons (Fsp3) is 0.455. The van der Waals surface area contributed by atoms with Crippen molar-refractivity contribution in [2.45, 2.75) is 31.6 Å². The smallest absolute Gasteiger partial charge is 0.395 e. The monoisotopic (exact) mass is 493 g/mol. The predicted octanol–water partition coefficient (Wildman–Crippen LogP) is 1.60. The number of nitrogens with zero attached hydrogens (tertiary/aromatic N) is 4. The molecule has 0 radical (unpaired) electrons. The fourth-order valence-electron chi connectivity index (χ4n) is 4.12. The Balaban J connectivity index is 1.51. The molecule has 4 rings (SSSR count). The largest absolute Gasteiger partial charge is 0.408 e. The number of aromatic nitrogens is 2. The zero-order valence-electron chi connectivity index (χ0n) is 19.0. The van der Waals surface area contributed by atoms with Crippen LogP contribution in [-0.4, -0.2) is 77.9 Å². The maximum absolute atomic E-state index is 12.9. The number of hydrogen-bond donors (Lipinski definition) is 4. The van der Waals surface area contributed by atoms with Gasteiger partial charge in [-0.3, -0.25) is 9.59 Å². The summed E-state index contributed by atoms with van der Waals surface area (Å²) in [6, 6.07) is 4.33. The average Bonchev–Trinajstić information content (AvgIpc) is 3.25. The lowest BCUT2D eigenvalue weighted by molar-refractivity contribution is -0.149. The number of halogens is 3. The zero-order chi connectivity index (χ0) is 25.2. The van der Waals surface area contributed by atoms with Crippen molar-refractivity contribution in [3.8, 4) is 0 Å². The lowest BCUT2D eigenvalue weighted by atomic mass is 10.1. The Hall–Kier alpha value is -3.61. The van der Waals surface area contributed by atoms with E-state index in [0.29, 0.717) is 30.4 Å². The van der Waals surface area contributed by atoms with Crippen molar-refractivity contribution < 1.29 is 27.9 Å². The molecule has 2 atom stereocenters. The lowest BCUT2D eigenvalue weighted by Crippen LogP contribution is -2.47. The van der Waals surface area contributed by atoms with E-state index in [1.807, 2.05) is 5.32 Å². The van der Waals surface area contributed by atoms with E-state index < -0.39 is 18.1 Å². The second-order valence-corrected chi connectivity index (χ2v) is 8.42. The molecule has 4 heterocycles. The van der Waals surface area contributed by atoms with Gasteiger partial charge < -0.3 is 30.9 Å². The van der Waals surface area contributed by atoms with Gasteiger partial charge in [-0.1, -0.05) is 0 Å². The molecule has 4 N–H and O–H groups in total. The highest BCUT2D eigenvalue weighted by molar-refractivity contribution is 5.96. The Morgan fingerprint density at radius 1 is 1.29 bits per heavy atom. The van der Waals surface area contributed by atoms with E-state index in [0.717, 1.165) is 25.6 Å². The van der Waals surface area contributed by atoms with Crippen molar-refractivity contribution >= 4 is 34.8 Å². The molecule has 2 aliphatic heterocycles. The van der Waals surface area contributed by atoms with Gasteiger partial charge >= 0.3 is 6.18 Å². The summed E-state index contributed by atoms with van der Waals surface area (Å²) in [5.41, 5.74) is 1.25. The molecular formula is C22H26F3N7O3. The molecular weight excluding hydrogens is 467 g/mol. The first-order chi connectivity index (χ1) is 16.7. The van der Waals surface area contributed by atoms with Crippen molar-refractivity contribution in [3.63, 3.8) is 0 Å². The molecule has 35 heavy (non-hydrogen) atoms. The number of rotatable bonds is 8. The molecule has 1 saturated heterocycles. The van der Waals surface area contributed by atoms with Gasteiger partial charge in [0.2, 0.25) is 5.91 Å². The molecule has 2 aliphatic rings. The van der Waals surface area contributed by atoms with E-state index in [1.165, 1.54) is 12.3 Å². The molecule has 0 spiro atoms. The van der Waals surface area contributed by atoms with Gasteiger partial charge in [0.25, 0.3) is 5.91 Å². The van der Waals surface area contributed by atoms with E-state index in [2.05, 4.69) is 25.5 Å². The van der Waals surface area contributed by atoms with Crippen molar-refractivity contribution in [3.05, 3.63) is 36.2 Å². The third kappa shape index (κ3) is 5.56. The average molecular weight is 493 g/mol. The molecule has 1 fully saturated rings. The summed E-state index contributed by atoms with van der Waals surface area (Å²) in [4.78, 5) is 37.7. The number of carbonyl (C=O) groups is 2. The summed E-state index contributed by atoms with van der Waals surface area (Å²) in [6.45, 7) is 2.52. The van der Waals surface area contributed by atoms with Crippen LogP contribution in [0.3, 0.4) is 0 Å². The van der Waals surface area contributed by atoms with E-state index in [9.17, 15) is 22.8 Å². The highest BCUT2D eigenvalue weighted by atomic mass is 19.4. The Bertz CT molecular complexity index is 1100. The van der Waals surface area contributed by atoms with Gasteiger partial charge in [-0.15, -0.1) is 0 Å². The minimum Gasteiger partial charge on any atom is -0.395 e.